The summed E-state index contributed by atoms with van der Waals surface area (Å²) in [6, 6.07) is 9.77. The van der Waals surface area contributed by atoms with Crippen LogP contribution in [0.3, 0.4) is 0 Å². The molecule has 1 aliphatic rings. The van der Waals surface area contributed by atoms with Crippen LogP contribution in [0.15, 0.2) is 30.3 Å². The lowest BCUT2D eigenvalue weighted by Gasteiger charge is -2.38. The van der Waals surface area contributed by atoms with Crippen LogP contribution in [0.4, 0.5) is 0 Å². The molecule has 1 aromatic rings. The molecular formula is C14H14N2O2S2. The second kappa shape index (κ2) is 7.56. The van der Waals surface area contributed by atoms with Crippen molar-refractivity contribution in [1.82, 2.24) is 0 Å². The Morgan fingerprint density at radius 2 is 1.60 bits per heavy atom. The number of thiocyanates is 2. The fraction of sp³-hybridized carbons (Fsp3) is 0.429. The lowest BCUT2D eigenvalue weighted by molar-refractivity contribution is -0.223. The molecule has 1 saturated heterocycles. The Hall–Kier alpha value is -1.18. The molecule has 0 radical (unpaired) electrons. The van der Waals surface area contributed by atoms with E-state index < -0.39 is 0 Å². The van der Waals surface area contributed by atoms with Crippen molar-refractivity contribution in [2.75, 3.05) is 24.7 Å². The van der Waals surface area contributed by atoms with E-state index in [1.54, 1.807) is 0 Å². The van der Waals surface area contributed by atoms with Crippen molar-refractivity contribution in [3.05, 3.63) is 35.9 Å². The van der Waals surface area contributed by atoms with E-state index >= 15 is 0 Å². The Kier molecular flexibility index (Phi) is 5.75. The molecule has 1 fully saturated rings. The summed E-state index contributed by atoms with van der Waals surface area (Å²) in [4.78, 5) is 0. The maximum atomic E-state index is 8.73. The third-order valence-corrected chi connectivity index (χ3v) is 4.81. The number of hydrogen-bond acceptors (Lipinski definition) is 6. The maximum Gasteiger partial charge on any atom is 0.183 e. The molecule has 1 aliphatic heterocycles. The van der Waals surface area contributed by atoms with Gasteiger partial charge in [0.2, 0.25) is 0 Å². The van der Waals surface area contributed by atoms with Crippen molar-refractivity contribution in [2.24, 2.45) is 5.41 Å². The van der Waals surface area contributed by atoms with Crippen molar-refractivity contribution in [3.8, 4) is 10.8 Å². The van der Waals surface area contributed by atoms with E-state index in [2.05, 4.69) is 10.8 Å². The first kappa shape index (κ1) is 15.2. The smallest absolute Gasteiger partial charge is 0.183 e. The van der Waals surface area contributed by atoms with Gasteiger partial charge in [0.05, 0.1) is 13.2 Å². The van der Waals surface area contributed by atoms with Crippen LogP contribution in [0.25, 0.3) is 0 Å². The molecule has 20 heavy (non-hydrogen) atoms. The van der Waals surface area contributed by atoms with Crippen molar-refractivity contribution in [2.45, 2.75) is 6.29 Å². The molecule has 4 nitrogen and oxygen atoms in total. The molecular weight excluding hydrogens is 292 g/mol. The molecule has 0 aromatic heterocycles. The van der Waals surface area contributed by atoms with Crippen LogP contribution >= 0.6 is 23.5 Å². The Balaban J connectivity index is 1.99. The van der Waals surface area contributed by atoms with Crippen LogP contribution in [-0.2, 0) is 9.47 Å². The van der Waals surface area contributed by atoms with Crippen LogP contribution in [0.2, 0.25) is 0 Å². The van der Waals surface area contributed by atoms with Gasteiger partial charge in [-0.3, -0.25) is 0 Å². The summed E-state index contributed by atoms with van der Waals surface area (Å²) >= 11 is 2.37. The first-order valence-corrected chi connectivity index (χ1v) is 8.07. The zero-order valence-electron chi connectivity index (χ0n) is 10.8. The monoisotopic (exact) mass is 306 g/mol. The number of benzene rings is 1. The third kappa shape index (κ3) is 3.91. The molecule has 0 aliphatic carbocycles. The van der Waals surface area contributed by atoms with Gasteiger partial charge in [-0.15, -0.1) is 0 Å². The van der Waals surface area contributed by atoms with Gasteiger partial charge in [0.25, 0.3) is 0 Å². The minimum Gasteiger partial charge on any atom is -0.348 e. The minimum atomic E-state index is -0.358. The van der Waals surface area contributed by atoms with Gasteiger partial charge in [-0.05, 0) is 23.5 Å². The molecule has 104 valence electrons. The molecule has 0 atom stereocenters. The Morgan fingerprint density at radius 1 is 1.05 bits per heavy atom. The van der Waals surface area contributed by atoms with Gasteiger partial charge in [0.15, 0.2) is 6.29 Å². The molecule has 0 saturated carbocycles. The van der Waals surface area contributed by atoms with Crippen LogP contribution in [0, 0.1) is 26.7 Å². The Morgan fingerprint density at radius 3 is 2.10 bits per heavy atom. The fourth-order valence-corrected chi connectivity index (χ4v) is 3.38. The zero-order chi connectivity index (χ0) is 14.3. The van der Waals surface area contributed by atoms with Crippen LogP contribution < -0.4 is 0 Å². The Bertz CT molecular complexity index is 482. The molecule has 1 heterocycles. The SMILES string of the molecule is N#CSCC1(CSC#N)COC(c2ccccc2)OC1. The first-order valence-electron chi connectivity index (χ1n) is 6.10. The topological polar surface area (TPSA) is 66.0 Å². The molecule has 0 spiro atoms. The van der Waals surface area contributed by atoms with E-state index in [9.17, 15) is 0 Å². The van der Waals surface area contributed by atoms with E-state index in [1.807, 2.05) is 30.3 Å². The van der Waals surface area contributed by atoms with Crippen molar-refractivity contribution >= 4 is 23.5 Å². The Labute approximate surface area is 127 Å². The average Bonchev–Trinajstić information content (AvgIpc) is 2.53. The number of ether oxygens (including phenoxy) is 2. The van der Waals surface area contributed by atoms with E-state index in [-0.39, 0.29) is 11.7 Å². The number of thioether (sulfide) groups is 2. The standard InChI is InChI=1S/C14H14N2O2S2/c15-10-19-8-14(9-20-11-16)6-17-13(18-7-14)12-4-2-1-3-5-12/h1-5,13H,6-9H2. The predicted octanol–water partition coefficient (Wildman–Crippen LogP) is 3.15. The molecule has 0 N–H and O–H groups in total. The lowest BCUT2D eigenvalue weighted by atomic mass is 9.94. The van der Waals surface area contributed by atoms with Crippen LogP contribution in [0.5, 0.6) is 0 Å². The normalized spacial score (nSPS) is 18.1. The molecule has 0 bridgehead atoms. The minimum absolute atomic E-state index is 0.272. The zero-order valence-corrected chi connectivity index (χ0v) is 12.5. The van der Waals surface area contributed by atoms with E-state index in [0.717, 1.165) is 5.56 Å². The van der Waals surface area contributed by atoms with Crippen molar-refractivity contribution in [3.63, 3.8) is 0 Å². The average molecular weight is 306 g/mol. The summed E-state index contributed by atoms with van der Waals surface area (Å²) in [6.07, 6.45) is -0.358. The summed E-state index contributed by atoms with van der Waals surface area (Å²) in [5, 5.41) is 21.6. The number of rotatable bonds is 5. The second-order valence-electron chi connectivity index (χ2n) is 4.62. The van der Waals surface area contributed by atoms with Gasteiger partial charge in [0, 0.05) is 22.5 Å². The van der Waals surface area contributed by atoms with E-state index in [0.29, 0.717) is 24.7 Å². The maximum absolute atomic E-state index is 8.73. The highest BCUT2D eigenvalue weighted by Gasteiger charge is 2.37. The first-order chi connectivity index (χ1) is 9.79. The quantitative estimate of drug-likeness (QED) is 0.779. The largest absolute Gasteiger partial charge is 0.348 e. The van der Waals surface area contributed by atoms with Gasteiger partial charge in [-0.1, -0.05) is 30.3 Å². The van der Waals surface area contributed by atoms with Gasteiger partial charge in [-0.25, -0.2) is 0 Å². The molecule has 2 rings (SSSR count). The van der Waals surface area contributed by atoms with Gasteiger partial charge < -0.3 is 9.47 Å². The summed E-state index contributed by atoms with van der Waals surface area (Å²) < 4.78 is 11.6. The molecule has 1 aromatic carbocycles. The third-order valence-electron chi connectivity index (χ3n) is 3.04. The summed E-state index contributed by atoms with van der Waals surface area (Å²) in [6.45, 7) is 0.992. The van der Waals surface area contributed by atoms with Crippen LogP contribution in [0.1, 0.15) is 11.9 Å². The van der Waals surface area contributed by atoms with E-state index in [4.69, 9.17) is 20.0 Å². The summed E-state index contributed by atoms with van der Waals surface area (Å²) in [7, 11) is 0. The second-order valence-corrected chi connectivity index (χ2v) is 6.14. The van der Waals surface area contributed by atoms with Gasteiger partial charge >= 0.3 is 0 Å². The molecule has 0 amide bonds. The number of nitrogens with zero attached hydrogens (tertiary/aromatic N) is 2. The van der Waals surface area contributed by atoms with Crippen molar-refractivity contribution < 1.29 is 9.47 Å². The van der Waals surface area contributed by atoms with E-state index in [1.165, 1.54) is 23.5 Å². The summed E-state index contributed by atoms with van der Waals surface area (Å²) in [5.74, 6) is 1.22. The number of nitriles is 2. The van der Waals surface area contributed by atoms with Gasteiger partial charge in [0.1, 0.15) is 10.8 Å². The number of hydrogen-bond donors (Lipinski definition) is 0. The molecule has 0 unspecified atom stereocenters. The highest BCUT2D eigenvalue weighted by atomic mass is 32.2. The fourth-order valence-electron chi connectivity index (χ4n) is 1.98. The van der Waals surface area contributed by atoms with Crippen LogP contribution in [-0.4, -0.2) is 24.7 Å². The lowest BCUT2D eigenvalue weighted by Crippen LogP contribution is -2.42. The van der Waals surface area contributed by atoms with Crippen molar-refractivity contribution in [1.29, 1.82) is 10.5 Å². The highest BCUT2D eigenvalue weighted by Crippen LogP contribution is 2.36. The highest BCUT2D eigenvalue weighted by molar-refractivity contribution is 8.04. The molecule has 6 heteroatoms. The van der Waals surface area contributed by atoms with Gasteiger partial charge in [-0.2, -0.15) is 10.5 Å². The summed E-state index contributed by atoms with van der Waals surface area (Å²) in [5.41, 5.74) is 0.716. The predicted molar refractivity (Wildman–Crippen MR) is 79.7 cm³/mol.